The van der Waals surface area contributed by atoms with Gasteiger partial charge in [0.25, 0.3) is 0 Å². The number of aliphatic hydroxyl groups is 1. The van der Waals surface area contributed by atoms with Gasteiger partial charge in [0.05, 0.1) is 13.7 Å². The van der Waals surface area contributed by atoms with Crippen molar-refractivity contribution in [3.05, 3.63) is 23.8 Å². The Kier molecular flexibility index (Phi) is 5.08. The summed E-state index contributed by atoms with van der Waals surface area (Å²) in [5.74, 6) is 1.35. The van der Waals surface area contributed by atoms with Crippen molar-refractivity contribution in [1.82, 2.24) is 0 Å². The molecule has 1 aromatic carbocycles. The maximum absolute atomic E-state index is 8.88. The number of aliphatic hydroxyl groups excluding tert-OH is 1. The van der Waals surface area contributed by atoms with Crippen molar-refractivity contribution in [1.29, 1.82) is 0 Å². The number of methoxy groups -OCH3 is 1. The van der Waals surface area contributed by atoms with Gasteiger partial charge in [-0.15, -0.1) is 0 Å². The van der Waals surface area contributed by atoms with E-state index in [1.54, 1.807) is 7.11 Å². The third kappa shape index (κ3) is 2.87. The van der Waals surface area contributed by atoms with Gasteiger partial charge in [-0.05, 0) is 19.4 Å². The fourth-order valence-corrected chi connectivity index (χ4v) is 1.61. The molecular weight excluding hydrogens is 206 g/mol. The zero-order chi connectivity index (χ0) is 12.0. The quantitative estimate of drug-likeness (QED) is 0.769. The second-order valence-electron chi connectivity index (χ2n) is 3.43. The summed E-state index contributed by atoms with van der Waals surface area (Å²) in [5.41, 5.74) is 6.81. The predicted octanol–water partition coefficient (Wildman–Crippen LogP) is 1.48. The lowest BCUT2D eigenvalue weighted by Crippen LogP contribution is -2.13. The highest BCUT2D eigenvalue weighted by Gasteiger charge is 2.15. The van der Waals surface area contributed by atoms with E-state index >= 15 is 0 Å². The number of hydrogen-bond acceptors (Lipinski definition) is 4. The van der Waals surface area contributed by atoms with E-state index in [-0.39, 0.29) is 12.6 Å². The first-order chi connectivity index (χ1) is 7.74. The number of ether oxygens (including phenoxy) is 2. The summed E-state index contributed by atoms with van der Waals surface area (Å²) in [6, 6.07) is 5.37. The normalized spacial score (nSPS) is 12.2. The number of rotatable bonds is 6. The van der Waals surface area contributed by atoms with E-state index in [4.69, 9.17) is 20.3 Å². The van der Waals surface area contributed by atoms with Gasteiger partial charge < -0.3 is 20.3 Å². The van der Waals surface area contributed by atoms with Crippen LogP contribution in [0.3, 0.4) is 0 Å². The van der Waals surface area contributed by atoms with Gasteiger partial charge >= 0.3 is 0 Å². The van der Waals surface area contributed by atoms with Gasteiger partial charge in [0, 0.05) is 18.2 Å². The minimum atomic E-state index is -0.236. The van der Waals surface area contributed by atoms with Crippen molar-refractivity contribution in [2.45, 2.75) is 19.4 Å². The molecule has 3 N–H and O–H groups in total. The van der Waals surface area contributed by atoms with E-state index < -0.39 is 0 Å². The summed E-state index contributed by atoms with van der Waals surface area (Å²) in [6.45, 7) is 2.55. The summed E-state index contributed by atoms with van der Waals surface area (Å²) in [6.07, 6.45) is 0.506. The molecule has 4 nitrogen and oxygen atoms in total. The first kappa shape index (κ1) is 12.8. The summed E-state index contributed by atoms with van der Waals surface area (Å²) < 4.78 is 10.8. The van der Waals surface area contributed by atoms with Crippen molar-refractivity contribution >= 4 is 0 Å². The molecule has 1 atom stereocenters. The highest BCUT2D eigenvalue weighted by atomic mass is 16.5. The summed E-state index contributed by atoms with van der Waals surface area (Å²) in [5, 5.41) is 8.88. The van der Waals surface area contributed by atoms with Crippen LogP contribution in [-0.4, -0.2) is 25.4 Å². The lowest BCUT2D eigenvalue weighted by molar-refractivity contribution is 0.273. The smallest absolute Gasteiger partial charge is 0.165 e. The molecule has 0 aliphatic heterocycles. The molecule has 0 saturated carbocycles. The molecular formula is C12H19NO3. The molecule has 0 fully saturated rings. The minimum absolute atomic E-state index is 0.0587. The van der Waals surface area contributed by atoms with Gasteiger partial charge in [0.1, 0.15) is 0 Å². The second kappa shape index (κ2) is 6.35. The monoisotopic (exact) mass is 225 g/mol. The van der Waals surface area contributed by atoms with Crippen LogP contribution in [0, 0.1) is 0 Å². The molecule has 0 aliphatic rings. The topological polar surface area (TPSA) is 64.7 Å². The standard InChI is InChI=1S/C12H19NO3/c1-3-16-11-6-4-5-9(12(11)15-2)10(13)7-8-14/h4-6,10,14H,3,7-8,13H2,1-2H3. The Balaban J connectivity index is 3.02. The molecule has 1 unspecified atom stereocenters. The van der Waals surface area contributed by atoms with Crippen LogP contribution in [0.2, 0.25) is 0 Å². The Bertz CT molecular complexity index is 328. The molecule has 0 radical (unpaired) electrons. The van der Waals surface area contributed by atoms with Gasteiger partial charge in [-0.1, -0.05) is 12.1 Å². The van der Waals surface area contributed by atoms with E-state index in [1.165, 1.54) is 0 Å². The van der Waals surface area contributed by atoms with Crippen LogP contribution in [0.25, 0.3) is 0 Å². The third-order valence-electron chi connectivity index (χ3n) is 2.35. The molecule has 0 heterocycles. The van der Waals surface area contributed by atoms with Gasteiger partial charge in [-0.3, -0.25) is 0 Å². The largest absolute Gasteiger partial charge is 0.493 e. The minimum Gasteiger partial charge on any atom is -0.493 e. The molecule has 16 heavy (non-hydrogen) atoms. The number of para-hydroxylation sites is 1. The first-order valence-electron chi connectivity index (χ1n) is 5.40. The maximum Gasteiger partial charge on any atom is 0.165 e. The van der Waals surface area contributed by atoms with Crippen LogP contribution in [0.1, 0.15) is 24.9 Å². The average molecular weight is 225 g/mol. The molecule has 0 aromatic heterocycles. The van der Waals surface area contributed by atoms with Gasteiger partial charge in [0.15, 0.2) is 11.5 Å². The molecule has 1 rings (SSSR count). The average Bonchev–Trinajstić information content (AvgIpc) is 2.29. The number of benzene rings is 1. The van der Waals surface area contributed by atoms with Crippen LogP contribution >= 0.6 is 0 Å². The van der Waals surface area contributed by atoms with Crippen molar-refractivity contribution in [2.24, 2.45) is 5.73 Å². The van der Waals surface area contributed by atoms with Crippen LogP contribution in [-0.2, 0) is 0 Å². The predicted molar refractivity (Wildman–Crippen MR) is 62.8 cm³/mol. The Labute approximate surface area is 96.0 Å². The highest BCUT2D eigenvalue weighted by Crippen LogP contribution is 2.34. The summed E-state index contributed by atoms with van der Waals surface area (Å²) >= 11 is 0. The van der Waals surface area contributed by atoms with Crippen molar-refractivity contribution < 1.29 is 14.6 Å². The molecule has 0 spiro atoms. The van der Waals surface area contributed by atoms with E-state index in [0.29, 0.717) is 24.5 Å². The summed E-state index contributed by atoms with van der Waals surface area (Å²) in [7, 11) is 1.59. The Hall–Kier alpha value is -1.26. The van der Waals surface area contributed by atoms with Crippen molar-refractivity contribution in [2.75, 3.05) is 20.3 Å². The Morgan fingerprint density at radius 3 is 2.75 bits per heavy atom. The Morgan fingerprint density at radius 1 is 1.44 bits per heavy atom. The molecule has 1 aromatic rings. The van der Waals surface area contributed by atoms with Crippen LogP contribution in [0.4, 0.5) is 0 Å². The van der Waals surface area contributed by atoms with E-state index in [1.807, 2.05) is 25.1 Å². The molecule has 4 heteroatoms. The fourth-order valence-electron chi connectivity index (χ4n) is 1.61. The lowest BCUT2D eigenvalue weighted by atomic mass is 10.0. The van der Waals surface area contributed by atoms with Crippen LogP contribution in [0.5, 0.6) is 11.5 Å². The summed E-state index contributed by atoms with van der Waals surface area (Å²) in [4.78, 5) is 0. The van der Waals surface area contributed by atoms with Gasteiger partial charge in [-0.25, -0.2) is 0 Å². The SMILES string of the molecule is CCOc1cccc(C(N)CCO)c1OC. The number of nitrogens with two attached hydrogens (primary N) is 1. The zero-order valence-electron chi connectivity index (χ0n) is 9.77. The van der Waals surface area contributed by atoms with E-state index in [0.717, 1.165) is 5.56 Å². The van der Waals surface area contributed by atoms with Crippen molar-refractivity contribution in [3.63, 3.8) is 0 Å². The van der Waals surface area contributed by atoms with E-state index in [9.17, 15) is 0 Å². The second-order valence-corrected chi connectivity index (χ2v) is 3.43. The molecule has 0 saturated heterocycles. The van der Waals surface area contributed by atoms with Crippen LogP contribution < -0.4 is 15.2 Å². The third-order valence-corrected chi connectivity index (χ3v) is 2.35. The van der Waals surface area contributed by atoms with Gasteiger partial charge in [-0.2, -0.15) is 0 Å². The molecule has 0 aliphatic carbocycles. The van der Waals surface area contributed by atoms with E-state index in [2.05, 4.69) is 0 Å². The van der Waals surface area contributed by atoms with Gasteiger partial charge in [0.2, 0.25) is 0 Å². The highest BCUT2D eigenvalue weighted by molar-refractivity contribution is 5.48. The fraction of sp³-hybridized carbons (Fsp3) is 0.500. The number of hydrogen-bond donors (Lipinski definition) is 2. The molecule has 0 amide bonds. The Morgan fingerprint density at radius 2 is 2.19 bits per heavy atom. The molecule has 90 valence electrons. The lowest BCUT2D eigenvalue weighted by Gasteiger charge is -2.17. The zero-order valence-corrected chi connectivity index (χ0v) is 9.77. The van der Waals surface area contributed by atoms with Crippen molar-refractivity contribution in [3.8, 4) is 11.5 Å². The maximum atomic E-state index is 8.88. The molecule has 0 bridgehead atoms. The first-order valence-corrected chi connectivity index (χ1v) is 5.40. The van der Waals surface area contributed by atoms with Crippen LogP contribution in [0.15, 0.2) is 18.2 Å².